The molecule has 3 rings (SSSR count). The van der Waals surface area contributed by atoms with Gasteiger partial charge in [-0.25, -0.2) is 8.42 Å². The Bertz CT molecular complexity index is 936. The number of sulfonamides is 1. The number of halogens is 1. The third-order valence-corrected chi connectivity index (χ3v) is 8.30. The van der Waals surface area contributed by atoms with Gasteiger partial charge in [-0.15, -0.1) is 11.3 Å². The van der Waals surface area contributed by atoms with Crippen molar-refractivity contribution < 1.29 is 17.9 Å². The first kappa shape index (κ1) is 22.1. The van der Waals surface area contributed by atoms with Crippen molar-refractivity contribution in [2.75, 3.05) is 26.7 Å². The van der Waals surface area contributed by atoms with Crippen molar-refractivity contribution >= 4 is 38.9 Å². The third kappa shape index (κ3) is 5.12. The van der Waals surface area contributed by atoms with Crippen molar-refractivity contribution in [2.45, 2.75) is 31.2 Å². The minimum Gasteiger partial charge on any atom is -0.497 e. The molecule has 1 aromatic carbocycles. The summed E-state index contributed by atoms with van der Waals surface area (Å²) in [5.41, 5.74) is 0. The molecule has 0 atom stereocenters. The first-order valence-corrected chi connectivity index (χ1v) is 12.2. The lowest BCUT2D eigenvalue weighted by Crippen LogP contribution is -2.44. The molecule has 9 heteroatoms. The summed E-state index contributed by atoms with van der Waals surface area (Å²) in [6.07, 6.45) is 1.05. The first-order chi connectivity index (χ1) is 13.8. The molecule has 29 heavy (non-hydrogen) atoms. The van der Waals surface area contributed by atoms with E-state index in [1.807, 2.05) is 24.0 Å². The highest BCUT2D eigenvalue weighted by molar-refractivity contribution is 7.89. The van der Waals surface area contributed by atoms with Crippen molar-refractivity contribution in [2.24, 2.45) is 5.92 Å². The largest absolute Gasteiger partial charge is 0.497 e. The molecule has 0 aliphatic carbocycles. The quantitative estimate of drug-likeness (QED) is 0.634. The van der Waals surface area contributed by atoms with E-state index in [9.17, 15) is 13.2 Å². The van der Waals surface area contributed by atoms with Gasteiger partial charge >= 0.3 is 0 Å². The van der Waals surface area contributed by atoms with Crippen LogP contribution in [0.2, 0.25) is 4.34 Å². The molecule has 1 aromatic heterocycles. The molecule has 1 aliphatic heterocycles. The van der Waals surface area contributed by atoms with E-state index in [4.69, 9.17) is 16.3 Å². The molecule has 2 aromatic rings. The van der Waals surface area contributed by atoms with E-state index in [1.165, 1.54) is 22.8 Å². The summed E-state index contributed by atoms with van der Waals surface area (Å²) in [5.74, 6) is 0.533. The highest BCUT2D eigenvalue weighted by Crippen LogP contribution is 2.28. The fraction of sp³-hybridized carbons (Fsp3) is 0.450. The summed E-state index contributed by atoms with van der Waals surface area (Å²) in [4.78, 5) is 16.1. The standard InChI is InChI=1S/C20H25ClN2O4S2/c1-3-22(14-17-6-9-19(21)28-17)20(24)15-10-12-23(13-11-15)29(25,26)18-7-4-16(27-2)5-8-18/h4-9,15H,3,10-14H2,1-2H3. The lowest BCUT2D eigenvalue weighted by molar-refractivity contribution is -0.137. The zero-order valence-electron chi connectivity index (χ0n) is 16.5. The fourth-order valence-electron chi connectivity index (χ4n) is 3.47. The lowest BCUT2D eigenvalue weighted by Gasteiger charge is -2.33. The molecule has 0 bridgehead atoms. The number of ether oxygens (including phenoxy) is 1. The average Bonchev–Trinajstić information content (AvgIpc) is 3.16. The summed E-state index contributed by atoms with van der Waals surface area (Å²) < 4.78 is 33.0. The van der Waals surface area contributed by atoms with Crippen LogP contribution in [-0.4, -0.2) is 50.3 Å². The van der Waals surface area contributed by atoms with Gasteiger partial charge in [0.25, 0.3) is 0 Å². The van der Waals surface area contributed by atoms with Gasteiger partial charge in [0, 0.05) is 30.4 Å². The Morgan fingerprint density at radius 1 is 1.21 bits per heavy atom. The Hall–Kier alpha value is -1.61. The average molecular weight is 457 g/mol. The van der Waals surface area contributed by atoms with E-state index in [1.54, 1.807) is 24.3 Å². The molecule has 158 valence electrons. The normalized spacial score (nSPS) is 16.0. The number of rotatable bonds is 7. The predicted molar refractivity (Wildman–Crippen MR) is 115 cm³/mol. The van der Waals surface area contributed by atoms with E-state index in [0.29, 0.717) is 49.1 Å². The van der Waals surface area contributed by atoms with Gasteiger partial charge in [0.2, 0.25) is 15.9 Å². The van der Waals surface area contributed by atoms with Crippen LogP contribution in [0.5, 0.6) is 5.75 Å². The smallest absolute Gasteiger partial charge is 0.243 e. The summed E-state index contributed by atoms with van der Waals surface area (Å²) >= 11 is 7.46. The van der Waals surface area contributed by atoms with E-state index in [2.05, 4.69) is 0 Å². The number of methoxy groups -OCH3 is 1. The molecule has 0 unspecified atom stereocenters. The molecule has 0 radical (unpaired) electrons. The Morgan fingerprint density at radius 3 is 2.38 bits per heavy atom. The summed E-state index contributed by atoms with van der Waals surface area (Å²) in [6, 6.07) is 10.2. The number of hydrogen-bond acceptors (Lipinski definition) is 5. The van der Waals surface area contributed by atoms with Crippen molar-refractivity contribution in [3.8, 4) is 5.75 Å². The lowest BCUT2D eigenvalue weighted by atomic mass is 9.96. The van der Waals surface area contributed by atoms with Crippen LogP contribution in [0.3, 0.4) is 0 Å². The number of hydrogen-bond donors (Lipinski definition) is 0. The number of benzene rings is 1. The summed E-state index contributed by atoms with van der Waals surface area (Å²) in [5, 5.41) is 0. The second-order valence-electron chi connectivity index (χ2n) is 6.91. The second-order valence-corrected chi connectivity index (χ2v) is 10.6. The van der Waals surface area contributed by atoms with Gasteiger partial charge in [-0.2, -0.15) is 4.31 Å². The number of nitrogens with zero attached hydrogens (tertiary/aromatic N) is 2. The number of carbonyl (C=O) groups is 1. The summed E-state index contributed by atoms with van der Waals surface area (Å²) in [7, 11) is -2.03. The molecule has 1 fully saturated rings. The minimum atomic E-state index is -3.57. The van der Waals surface area contributed by atoms with E-state index in [-0.39, 0.29) is 16.7 Å². The van der Waals surface area contributed by atoms with Crippen molar-refractivity contribution in [3.63, 3.8) is 0 Å². The number of carbonyl (C=O) groups excluding carboxylic acids is 1. The van der Waals surface area contributed by atoms with Gasteiger partial charge < -0.3 is 9.64 Å². The highest BCUT2D eigenvalue weighted by Gasteiger charge is 2.33. The minimum absolute atomic E-state index is 0.0820. The van der Waals surface area contributed by atoms with Crippen LogP contribution in [0.4, 0.5) is 0 Å². The van der Waals surface area contributed by atoms with E-state index >= 15 is 0 Å². The maximum atomic E-state index is 13.0. The van der Waals surface area contributed by atoms with Crippen LogP contribution in [0.1, 0.15) is 24.6 Å². The Morgan fingerprint density at radius 2 is 1.86 bits per heavy atom. The molecule has 2 heterocycles. The van der Waals surface area contributed by atoms with Crippen LogP contribution < -0.4 is 4.74 Å². The monoisotopic (exact) mass is 456 g/mol. The molecular formula is C20H25ClN2O4S2. The van der Waals surface area contributed by atoms with Gasteiger partial charge in [0.05, 0.1) is 22.9 Å². The van der Waals surface area contributed by atoms with Crippen molar-refractivity contribution in [3.05, 3.63) is 45.6 Å². The fourth-order valence-corrected chi connectivity index (χ4v) is 6.04. The second kappa shape index (κ2) is 9.47. The van der Waals surface area contributed by atoms with E-state index in [0.717, 1.165) is 4.88 Å². The molecule has 0 N–H and O–H groups in total. The SMILES string of the molecule is CCN(Cc1ccc(Cl)s1)C(=O)C1CCN(S(=O)(=O)c2ccc(OC)cc2)CC1. The Labute approximate surface area is 181 Å². The Balaban J connectivity index is 1.61. The maximum absolute atomic E-state index is 13.0. The molecule has 1 saturated heterocycles. The van der Waals surface area contributed by atoms with Crippen LogP contribution >= 0.6 is 22.9 Å². The van der Waals surface area contributed by atoms with Crippen LogP contribution in [0.25, 0.3) is 0 Å². The van der Waals surface area contributed by atoms with Gasteiger partial charge in [-0.3, -0.25) is 4.79 Å². The Kier molecular flexibility index (Phi) is 7.21. The first-order valence-electron chi connectivity index (χ1n) is 9.52. The summed E-state index contributed by atoms with van der Waals surface area (Å²) in [6.45, 7) is 3.78. The number of piperidine rings is 1. The molecule has 1 amide bonds. The molecule has 0 saturated carbocycles. The number of thiophene rings is 1. The molecular weight excluding hydrogens is 432 g/mol. The molecule has 6 nitrogen and oxygen atoms in total. The number of amides is 1. The van der Waals surface area contributed by atoms with Crippen LogP contribution in [0, 0.1) is 5.92 Å². The third-order valence-electron chi connectivity index (χ3n) is 5.17. The maximum Gasteiger partial charge on any atom is 0.243 e. The van der Waals surface area contributed by atoms with Gasteiger partial charge in [-0.05, 0) is 56.2 Å². The van der Waals surface area contributed by atoms with Crippen LogP contribution in [0.15, 0.2) is 41.3 Å². The zero-order chi connectivity index (χ0) is 21.0. The molecule has 1 aliphatic rings. The topological polar surface area (TPSA) is 66.9 Å². The predicted octanol–water partition coefficient (Wildman–Crippen LogP) is 3.86. The highest BCUT2D eigenvalue weighted by atomic mass is 35.5. The van der Waals surface area contributed by atoms with Crippen molar-refractivity contribution in [1.29, 1.82) is 0 Å². The van der Waals surface area contributed by atoms with E-state index < -0.39 is 10.0 Å². The van der Waals surface area contributed by atoms with Gasteiger partial charge in [0.1, 0.15) is 5.75 Å². The zero-order valence-corrected chi connectivity index (χ0v) is 18.9. The van der Waals surface area contributed by atoms with Gasteiger partial charge in [0.15, 0.2) is 0 Å². The van der Waals surface area contributed by atoms with Crippen molar-refractivity contribution in [1.82, 2.24) is 9.21 Å². The van der Waals surface area contributed by atoms with Crippen LogP contribution in [-0.2, 0) is 21.4 Å². The molecule has 0 spiro atoms. The van der Waals surface area contributed by atoms with Gasteiger partial charge in [-0.1, -0.05) is 11.6 Å².